The van der Waals surface area contributed by atoms with Crippen LogP contribution in [0.5, 0.6) is 0 Å². The molecule has 0 aromatic heterocycles. The molecular formula is C13H26N2O2. The van der Waals surface area contributed by atoms with E-state index < -0.39 is 0 Å². The molecule has 0 amide bonds. The van der Waals surface area contributed by atoms with Crippen LogP contribution in [0.4, 0.5) is 0 Å². The Morgan fingerprint density at radius 2 is 1.71 bits per heavy atom. The van der Waals surface area contributed by atoms with Gasteiger partial charge in [-0.05, 0) is 33.2 Å². The molecule has 2 fully saturated rings. The molecule has 17 heavy (non-hydrogen) atoms. The van der Waals surface area contributed by atoms with Crippen LogP contribution in [0.2, 0.25) is 0 Å². The lowest BCUT2D eigenvalue weighted by atomic mass is 9.88. The first kappa shape index (κ1) is 13.3. The average molecular weight is 242 g/mol. The molecule has 0 aliphatic carbocycles. The van der Waals surface area contributed by atoms with Gasteiger partial charge in [-0.3, -0.25) is 4.90 Å². The average Bonchev–Trinajstić information content (AvgIpc) is 2.70. The zero-order valence-electron chi connectivity index (χ0n) is 11.5. The van der Waals surface area contributed by atoms with E-state index in [0.717, 1.165) is 19.6 Å². The molecule has 2 heterocycles. The quantitative estimate of drug-likeness (QED) is 0.796. The molecule has 4 heteroatoms. The van der Waals surface area contributed by atoms with E-state index >= 15 is 0 Å². The molecule has 4 nitrogen and oxygen atoms in total. The van der Waals surface area contributed by atoms with Crippen molar-refractivity contribution in [2.75, 3.05) is 33.9 Å². The summed E-state index contributed by atoms with van der Waals surface area (Å²) in [5, 5.41) is 3.57. The number of nitrogens with zero attached hydrogens (tertiary/aromatic N) is 1. The minimum absolute atomic E-state index is 0.234. The van der Waals surface area contributed by atoms with Crippen molar-refractivity contribution in [3.63, 3.8) is 0 Å². The third kappa shape index (κ3) is 2.99. The van der Waals surface area contributed by atoms with E-state index in [4.69, 9.17) is 9.47 Å². The van der Waals surface area contributed by atoms with Gasteiger partial charge in [0.15, 0.2) is 0 Å². The van der Waals surface area contributed by atoms with E-state index in [0.29, 0.717) is 6.04 Å². The second-order valence-electron chi connectivity index (χ2n) is 5.96. The van der Waals surface area contributed by atoms with Crippen molar-refractivity contribution in [2.45, 2.75) is 50.5 Å². The van der Waals surface area contributed by atoms with Crippen LogP contribution >= 0.6 is 0 Å². The predicted molar refractivity (Wildman–Crippen MR) is 68.3 cm³/mol. The zero-order chi connectivity index (χ0) is 12.5. The zero-order valence-corrected chi connectivity index (χ0v) is 11.5. The monoisotopic (exact) mass is 242 g/mol. The molecule has 0 radical (unpaired) electrons. The summed E-state index contributed by atoms with van der Waals surface area (Å²) < 4.78 is 11.0. The van der Waals surface area contributed by atoms with Crippen LogP contribution in [-0.2, 0) is 9.47 Å². The molecular weight excluding hydrogens is 216 g/mol. The number of nitrogens with one attached hydrogen (secondary N) is 1. The van der Waals surface area contributed by atoms with Crippen molar-refractivity contribution in [3.8, 4) is 0 Å². The standard InChI is InChI=1S/C13H26N2O2/c1-13(2)7-10(5-6-14-13)15-8-11(16-3)12(9-15)17-4/h10-12,14H,5-9H2,1-4H3/t10?,11-,12+. The van der Waals surface area contributed by atoms with Gasteiger partial charge >= 0.3 is 0 Å². The third-order valence-corrected chi connectivity index (χ3v) is 4.19. The second-order valence-corrected chi connectivity index (χ2v) is 5.96. The van der Waals surface area contributed by atoms with Crippen molar-refractivity contribution in [2.24, 2.45) is 0 Å². The first-order valence-corrected chi connectivity index (χ1v) is 6.60. The summed E-state index contributed by atoms with van der Waals surface area (Å²) in [7, 11) is 3.57. The highest BCUT2D eigenvalue weighted by Gasteiger charge is 2.39. The normalized spacial score (nSPS) is 38.5. The van der Waals surface area contributed by atoms with Gasteiger partial charge in [-0.1, -0.05) is 0 Å². The van der Waals surface area contributed by atoms with Crippen molar-refractivity contribution in [3.05, 3.63) is 0 Å². The Balaban J connectivity index is 1.95. The Morgan fingerprint density at radius 1 is 1.12 bits per heavy atom. The minimum atomic E-state index is 0.234. The first-order chi connectivity index (χ1) is 8.05. The van der Waals surface area contributed by atoms with Crippen LogP contribution in [0, 0.1) is 0 Å². The molecule has 100 valence electrons. The SMILES string of the molecule is CO[C@H]1CN(C2CCNC(C)(C)C2)C[C@H]1OC. The van der Waals surface area contributed by atoms with Gasteiger partial charge < -0.3 is 14.8 Å². The number of hydrogen-bond acceptors (Lipinski definition) is 4. The highest BCUT2D eigenvalue weighted by atomic mass is 16.5. The number of methoxy groups -OCH3 is 2. The van der Waals surface area contributed by atoms with Crippen LogP contribution < -0.4 is 5.32 Å². The van der Waals surface area contributed by atoms with E-state index in [2.05, 4.69) is 24.1 Å². The molecule has 3 atom stereocenters. The lowest BCUT2D eigenvalue weighted by Crippen LogP contribution is -2.52. The minimum Gasteiger partial charge on any atom is -0.377 e. The topological polar surface area (TPSA) is 33.7 Å². The van der Waals surface area contributed by atoms with Crippen LogP contribution in [0.15, 0.2) is 0 Å². The largest absolute Gasteiger partial charge is 0.377 e. The Hall–Kier alpha value is -0.160. The number of likely N-dealkylation sites (tertiary alicyclic amines) is 1. The Labute approximate surface area is 105 Å². The molecule has 0 aromatic rings. The van der Waals surface area contributed by atoms with Crippen molar-refractivity contribution in [1.82, 2.24) is 10.2 Å². The Kier molecular flexibility index (Phi) is 4.08. The van der Waals surface area contributed by atoms with Gasteiger partial charge in [0, 0.05) is 38.9 Å². The van der Waals surface area contributed by atoms with E-state index in [-0.39, 0.29) is 17.7 Å². The van der Waals surface area contributed by atoms with E-state index in [9.17, 15) is 0 Å². The van der Waals surface area contributed by atoms with E-state index in [1.165, 1.54) is 12.8 Å². The molecule has 0 saturated carbocycles. The van der Waals surface area contributed by atoms with Gasteiger partial charge in [0.05, 0.1) is 12.2 Å². The predicted octanol–water partition coefficient (Wildman–Crippen LogP) is 0.863. The van der Waals surface area contributed by atoms with E-state index in [1.54, 1.807) is 14.2 Å². The van der Waals surface area contributed by atoms with Crippen LogP contribution in [0.1, 0.15) is 26.7 Å². The molecule has 0 aromatic carbocycles. The maximum atomic E-state index is 5.51. The summed E-state index contributed by atoms with van der Waals surface area (Å²) in [6, 6.07) is 0.670. The molecule has 2 rings (SSSR count). The summed E-state index contributed by atoms with van der Waals surface area (Å²) in [5.41, 5.74) is 0.261. The second kappa shape index (κ2) is 5.22. The summed E-state index contributed by atoms with van der Waals surface area (Å²) >= 11 is 0. The van der Waals surface area contributed by atoms with Crippen molar-refractivity contribution in [1.29, 1.82) is 0 Å². The smallest absolute Gasteiger partial charge is 0.0971 e. The van der Waals surface area contributed by atoms with E-state index in [1.807, 2.05) is 0 Å². The Bertz CT molecular complexity index is 246. The van der Waals surface area contributed by atoms with Crippen LogP contribution in [0.25, 0.3) is 0 Å². The van der Waals surface area contributed by atoms with Crippen molar-refractivity contribution < 1.29 is 9.47 Å². The van der Waals surface area contributed by atoms with Gasteiger partial charge in [-0.25, -0.2) is 0 Å². The summed E-state index contributed by atoms with van der Waals surface area (Å²) in [5.74, 6) is 0. The molecule has 0 bridgehead atoms. The van der Waals surface area contributed by atoms with Crippen LogP contribution in [-0.4, -0.2) is 62.5 Å². The molecule has 2 saturated heterocycles. The maximum Gasteiger partial charge on any atom is 0.0971 e. The third-order valence-electron chi connectivity index (χ3n) is 4.19. The fourth-order valence-electron chi connectivity index (χ4n) is 3.17. The summed E-state index contributed by atoms with van der Waals surface area (Å²) in [6.07, 6.45) is 2.91. The highest BCUT2D eigenvalue weighted by molar-refractivity contribution is 4.95. The molecule has 2 aliphatic heterocycles. The molecule has 0 spiro atoms. The molecule has 1 unspecified atom stereocenters. The van der Waals surface area contributed by atoms with Crippen molar-refractivity contribution >= 4 is 0 Å². The maximum absolute atomic E-state index is 5.51. The Morgan fingerprint density at radius 3 is 2.18 bits per heavy atom. The summed E-state index contributed by atoms with van der Waals surface area (Å²) in [4.78, 5) is 2.55. The number of hydrogen-bond donors (Lipinski definition) is 1. The van der Waals surface area contributed by atoms with Gasteiger partial charge in [0.2, 0.25) is 0 Å². The lowest BCUT2D eigenvalue weighted by molar-refractivity contribution is -0.00461. The number of ether oxygens (including phenoxy) is 2. The highest BCUT2D eigenvalue weighted by Crippen LogP contribution is 2.27. The fraction of sp³-hybridized carbons (Fsp3) is 1.00. The first-order valence-electron chi connectivity index (χ1n) is 6.60. The van der Waals surface area contributed by atoms with Gasteiger partial charge in [-0.2, -0.15) is 0 Å². The lowest BCUT2D eigenvalue weighted by Gasteiger charge is -2.40. The van der Waals surface area contributed by atoms with Gasteiger partial charge in [0.1, 0.15) is 0 Å². The number of piperidine rings is 1. The molecule has 2 aliphatic rings. The summed E-state index contributed by atoms with van der Waals surface area (Å²) in [6.45, 7) is 7.71. The van der Waals surface area contributed by atoms with Gasteiger partial charge in [0.25, 0.3) is 0 Å². The van der Waals surface area contributed by atoms with Crippen LogP contribution in [0.3, 0.4) is 0 Å². The fourth-order valence-corrected chi connectivity index (χ4v) is 3.17. The molecule has 1 N–H and O–H groups in total. The number of rotatable bonds is 3. The van der Waals surface area contributed by atoms with Gasteiger partial charge in [-0.15, -0.1) is 0 Å².